The second-order valence-electron chi connectivity index (χ2n) is 6.87. The average Bonchev–Trinajstić information content (AvgIpc) is 2.94. The maximum atomic E-state index is 12.7. The summed E-state index contributed by atoms with van der Waals surface area (Å²) in [5.74, 6) is 0.0865. The molecule has 1 atom stereocenters. The first-order valence-corrected chi connectivity index (χ1v) is 9.09. The lowest BCUT2D eigenvalue weighted by atomic mass is 10.1. The van der Waals surface area contributed by atoms with Crippen molar-refractivity contribution < 1.29 is 29.0 Å². The molecule has 1 fully saturated rings. The first kappa shape index (κ1) is 19.0. The number of carboxylic acids is 1. The van der Waals surface area contributed by atoms with E-state index in [4.69, 9.17) is 14.6 Å². The van der Waals surface area contributed by atoms with Crippen molar-refractivity contribution in [1.82, 2.24) is 9.80 Å². The van der Waals surface area contributed by atoms with Gasteiger partial charge in [-0.05, 0) is 37.0 Å². The summed E-state index contributed by atoms with van der Waals surface area (Å²) < 4.78 is 10.6. The first-order chi connectivity index (χ1) is 12.9. The monoisotopic (exact) mass is 376 g/mol. The minimum absolute atomic E-state index is 0.0159. The van der Waals surface area contributed by atoms with Gasteiger partial charge in [0.05, 0.1) is 6.42 Å². The van der Waals surface area contributed by atoms with Crippen LogP contribution < -0.4 is 9.47 Å². The van der Waals surface area contributed by atoms with Crippen molar-refractivity contribution in [1.29, 1.82) is 0 Å². The third kappa shape index (κ3) is 4.69. The molecule has 1 aromatic rings. The van der Waals surface area contributed by atoms with Gasteiger partial charge in [0.1, 0.15) is 6.54 Å². The molecule has 0 aliphatic carbocycles. The van der Waals surface area contributed by atoms with Crippen LogP contribution in [0.15, 0.2) is 18.2 Å². The molecular formula is C19H24N2O6. The number of rotatable bonds is 5. The van der Waals surface area contributed by atoms with Gasteiger partial charge in [-0.3, -0.25) is 14.4 Å². The molecule has 2 aliphatic heterocycles. The molecule has 27 heavy (non-hydrogen) atoms. The lowest BCUT2D eigenvalue weighted by molar-refractivity contribution is -0.145. The van der Waals surface area contributed by atoms with Crippen molar-refractivity contribution in [3.63, 3.8) is 0 Å². The van der Waals surface area contributed by atoms with E-state index in [0.29, 0.717) is 37.4 Å². The van der Waals surface area contributed by atoms with Crippen LogP contribution in [0.5, 0.6) is 11.5 Å². The van der Waals surface area contributed by atoms with Gasteiger partial charge in [0.2, 0.25) is 18.6 Å². The van der Waals surface area contributed by atoms with Crippen molar-refractivity contribution in [2.45, 2.75) is 38.6 Å². The topological polar surface area (TPSA) is 96.4 Å². The van der Waals surface area contributed by atoms with Crippen LogP contribution >= 0.6 is 0 Å². The molecule has 0 saturated carbocycles. The Morgan fingerprint density at radius 1 is 1.19 bits per heavy atom. The maximum absolute atomic E-state index is 12.7. The van der Waals surface area contributed by atoms with E-state index in [1.807, 2.05) is 12.1 Å². The Hall–Kier alpha value is -2.77. The van der Waals surface area contributed by atoms with Crippen LogP contribution in [-0.4, -0.2) is 65.2 Å². The largest absolute Gasteiger partial charge is 0.480 e. The van der Waals surface area contributed by atoms with E-state index in [0.717, 1.165) is 12.0 Å². The number of carboxylic acid groups (broad SMARTS) is 1. The summed E-state index contributed by atoms with van der Waals surface area (Å²) in [5.41, 5.74) is 0.862. The summed E-state index contributed by atoms with van der Waals surface area (Å²) in [5, 5.41) is 9.03. The van der Waals surface area contributed by atoms with E-state index >= 15 is 0 Å². The van der Waals surface area contributed by atoms with Gasteiger partial charge in [-0.15, -0.1) is 0 Å². The Bertz CT molecular complexity index is 735. The fourth-order valence-corrected chi connectivity index (χ4v) is 3.62. The van der Waals surface area contributed by atoms with E-state index < -0.39 is 5.97 Å². The second kappa shape index (κ2) is 8.28. The Labute approximate surface area is 157 Å². The Morgan fingerprint density at radius 3 is 2.70 bits per heavy atom. The molecule has 146 valence electrons. The standard InChI is InChI=1S/C19H24N2O6/c1-13(22)21(11-19(24)25)15-3-2-7-20(8-6-15)18(23)10-14-4-5-16-17(9-14)27-12-26-16/h4-5,9,15H,2-3,6-8,10-12H2,1H3,(H,24,25). The van der Waals surface area contributed by atoms with Crippen LogP contribution in [0.4, 0.5) is 0 Å². The van der Waals surface area contributed by atoms with Crippen LogP contribution in [0.2, 0.25) is 0 Å². The van der Waals surface area contributed by atoms with Crippen molar-refractivity contribution in [3.05, 3.63) is 23.8 Å². The number of ether oxygens (including phenoxy) is 2. The molecule has 2 heterocycles. The highest BCUT2D eigenvalue weighted by molar-refractivity contribution is 5.80. The fourth-order valence-electron chi connectivity index (χ4n) is 3.62. The molecule has 1 saturated heterocycles. The summed E-state index contributed by atoms with van der Waals surface area (Å²) in [7, 11) is 0. The highest BCUT2D eigenvalue weighted by Crippen LogP contribution is 2.32. The molecule has 3 rings (SSSR count). The average molecular weight is 376 g/mol. The van der Waals surface area contributed by atoms with Gasteiger partial charge in [0, 0.05) is 26.1 Å². The van der Waals surface area contributed by atoms with Crippen LogP contribution in [0.25, 0.3) is 0 Å². The van der Waals surface area contributed by atoms with E-state index in [1.54, 1.807) is 11.0 Å². The van der Waals surface area contributed by atoms with Crippen molar-refractivity contribution in [2.75, 3.05) is 26.4 Å². The van der Waals surface area contributed by atoms with E-state index in [1.165, 1.54) is 11.8 Å². The third-order valence-electron chi connectivity index (χ3n) is 4.99. The quantitative estimate of drug-likeness (QED) is 0.831. The number of carbonyl (C=O) groups excluding carboxylic acids is 2. The molecular weight excluding hydrogens is 352 g/mol. The molecule has 0 spiro atoms. The Kier molecular flexibility index (Phi) is 5.83. The second-order valence-corrected chi connectivity index (χ2v) is 6.87. The normalized spacial score (nSPS) is 18.7. The highest BCUT2D eigenvalue weighted by atomic mass is 16.7. The van der Waals surface area contributed by atoms with Gasteiger partial charge in [0.15, 0.2) is 11.5 Å². The molecule has 0 radical (unpaired) electrons. The summed E-state index contributed by atoms with van der Waals surface area (Å²) in [6.45, 7) is 2.40. The van der Waals surface area contributed by atoms with Crippen LogP contribution in [0.3, 0.4) is 0 Å². The number of amides is 2. The molecule has 1 unspecified atom stereocenters. The number of aliphatic carboxylic acids is 1. The van der Waals surface area contributed by atoms with Gasteiger partial charge < -0.3 is 24.4 Å². The molecule has 0 aromatic heterocycles. The smallest absolute Gasteiger partial charge is 0.323 e. The van der Waals surface area contributed by atoms with Crippen LogP contribution in [0, 0.1) is 0 Å². The maximum Gasteiger partial charge on any atom is 0.323 e. The number of hydrogen-bond acceptors (Lipinski definition) is 5. The van der Waals surface area contributed by atoms with E-state index in [9.17, 15) is 14.4 Å². The predicted octanol–water partition coefficient (Wildman–Crippen LogP) is 1.27. The molecule has 1 N–H and O–H groups in total. The van der Waals surface area contributed by atoms with Gasteiger partial charge in [0.25, 0.3) is 0 Å². The first-order valence-electron chi connectivity index (χ1n) is 9.09. The number of likely N-dealkylation sites (tertiary alicyclic amines) is 1. The third-order valence-corrected chi connectivity index (χ3v) is 4.99. The molecule has 1 aromatic carbocycles. The van der Waals surface area contributed by atoms with E-state index in [2.05, 4.69) is 0 Å². The number of fused-ring (bicyclic) bond motifs is 1. The SMILES string of the molecule is CC(=O)N(CC(=O)O)C1CCCN(C(=O)Cc2ccc3c(c2)OCO3)CC1. The lowest BCUT2D eigenvalue weighted by Gasteiger charge is -2.28. The molecule has 8 heteroatoms. The highest BCUT2D eigenvalue weighted by Gasteiger charge is 2.27. The van der Waals surface area contributed by atoms with Gasteiger partial charge in [-0.2, -0.15) is 0 Å². The van der Waals surface area contributed by atoms with Crippen LogP contribution in [-0.2, 0) is 20.8 Å². The number of carbonyl (C=O) groups is 3. The summed E-state index contributed by atoms with van der Waals surface area (Å²) >= 11 is 0. The number of benzene rings is 1. The Balaban J connectivity index is 1.59. The minimum atomic E-state index is -1.02. The van der Waals surface area contributed by atoms with Crippen molar-refractivity contribution >= 4 is 17.8 Å². The zero-order chi connectivity index (χ0) is 19.4. The number of hydrogen-bond donors (Lipinski definition) is 1. The van der Waals surface area contributed by atoms with Crippen molar-refractivity contribution in [2.24, 2.45) is 0 Å². The minimum Gasteiger partial charge on any atom is -0.480 e. The van der Waals surface area contributed by atoms with Crippen molar-refractivity contribution in [3.8, 4) is 11.5 Å². The zero-order valence-corrected chi connectivity index (χ0v) is 15.3. The van der Waals surface area contributed by atoms with Gasteiger partial charge in [-0.1, -0.05) is 6.07 Å². The summed E-state index contributed by atoms with van der Waals surface area (Å²) in [6, 6.07) is 5.34. The predicted molar refractivity (Wildman–Crippen MR) is 95.5 cm³/mol. The zero-order valence-electron chi connectivity index (χ0n) is 15.3. The van der Waals surface area contributed by atoms with Crippen LogP contribution in [0.1, 0.15) is 31.7 Å². The molecule has 0 bridgehead atoms. The van der Waals surface area contributed by atoms with E-state index in [-0.39, 0.29) is 37.6 Å². The number of nitrogens with zero attached hydrogens (tertiary/aromatic N) is 2. The Morgan fingerprint density at radius 2 is 1.96 bits per heavy atom. The summed E-state index contributed by atoms with van der Waals surface area (Å²) in [4.78, 5) is 38.7. The van der Waals surface area contributed by atoms with Gasteiger partial charge >= 0.3 is 5.97 Å². The summed E-state index contributed by atoms with van der Waals surface area (Å²) in [6.07, 6.45) is 2.29. The van der Waals surface area contributed by atoms with Gasteiger partial charge in [-0.25, -0.2) is 0 Å². The lowest BCUT2D eigenvalue weighted by Crippen LogP contribution is -2.43. The molecule has 2 amide bonds. The molecule has 8 nitrogen and oxygen atoms in total. The molecule has 2 aliphatic rings. The fraction of sp³-hybridized carbons (Fsp3) is 0.526.